The van der Waals surface area contributed by atoms with Crippen LogP contribution in [-0.2, 0) is 13.1 Å². The number of nitrogens with zero attached hydrogens (tertiary/aromatic N) is 4. The molecule has 1 unspecified atom stereocenters. The van der Waals surface area contributed by atoms with Gasteiger partial charge in [-0.05, 0) is 55.5 Å². The van der Waals surface area contributed by atoms with E-state index in [0.29, 0.717) is 18.2 Å². The smallest absolute Gasteiger partial charge is 0.255 e. The molecule has 0 aliphatic carbocycles. The normalized spacial score (nSPS) is 16.9. The quantitative estimate of drug-likeness (QED) is 0.589. The van der Waals surface area contributed by atoms with E-state index in [2.05, 4.69) is 59.3 Å². The van der Waals surface area contributed by atoms with Crippen molar-refractivity contribution in [2.24, 2.45) is 0 Å². The molecule has 32 heavy (non-hydrogen) atoms. The highest BCUT2D eigenvalue weighted by Gasteiger charge is 2.22. The number of hydrogen-bond donors (Lipinski definition) is 1. The van der Waals surface area contributed by atoms with E-state index < -0.39 is 0 Å². The van der Waals surface area contributed by atoms with Gasteiger partial charge in [-0.25, -0.2) is 9.67 Å². The number of aromatic nitrogens is 3. The summed E-state index contributed by atoms with van der Waals surface area (Å²) in [6.45, 7) is 9.04. The summed E-state index contributed by atoms with van der Waals surface area (Å²) in [6, 6.07) is 14.7. The Bertz CT molecular complexity index is 1040. The van der Waals surface area contributed by atoms with E-state index in [1.807, 2.05) is 24.3 Å². The Labute approximate surface area is 190 Å². The van der Waals surface area contributed by atoms with Crippen molar-refractivity contribution < 1.29 is 4.79 Å². The summed E-state index contributed by atoms with van der Waals surface area (Å²) in [7, 11) is 0. The molecule has 4 rings (SSSR count). The Balaban J connectivity index is 1.50. The molecule has 1 aliphatic heterocycles. The Morgan fingerprint density at radius 1 is 1.12 bits per heavy atom. The first-order valence-electron chi connectivity index (χ1n) is 11.6. The van der Waals surface area contributed by atoms with Gasteiger partial charge in [-0.1, -0.05) is 50.6 Å². The van der Waals surface area contributed by atoms with Crippen LogP contribution in [0.25, 0.3) is 5.82 Å². The van der Waals surface area contributed by atoms with Crippen LogP contribution in [0.3, 0.4) is 0 Å². The SMILES string of the molecule is CC(C)c1c(C(=O)NCc2ccccc2CN2CCCCC2C)cnn1-c1ccccn1. The zero-order valence-corrected chi connectivity index (χ0v) is 19.3. The summed E-state index contributed by atoms with van der Waals surface area (Å²) < 4.78 is 1.77. The van der Waals surface area contributed by atoms with Crippen LogP contribution in [0.1, 0.15) is 73.1 Å². The second-order valence-electron chi connectivity index (χ2n) is 8.96. The number of hydrogen-bond acceptors (Lipinski definition) is 4. The van der Waals surface area contributed by atoms with Gasteiger partial charge in [0.05, 0.1) is 17.5 Å². The zero-order chi connectivity index (χ0) is 22.5. The highest BCUT2D eigenvalue weighted by molar-refractivity contribution is 5.95. The topological polar surface area (TPSA) is 63.1 Å². The third kappa shape index (κ3) is 4.91. The minimum Gasteiger partial charge on any atom is -0.348 e. The van der Waals surface area contributed by atoms with Crippen molar-refractivity contribution in [3.63, 3.8) is 0 Å². The monoisotopic (exact) mass is 431 g/mol. The van der Waals surface area contributed by atoms with Crippen molar-refractivity contribution >= 4 is 5.91 Å². The molecule has 0 bridgehead atoms. The van der Waals surface area contributed by atoms with E-state index in [1.54, 1.807) is 17.1 Å². The first kappa shape index (κ1) is 22.2. The molecule has 168 valence electrons. The molecule has 1 N–H and O–H groups in total. The van der Waals surface area contributed by atoms with Crippen LogP contribution < -0.4 is 5.32 Å². The lowest BCUT2D eigenvalue weighted by molar-refractivity contribution is 0.0949. The van der Waals surface area contributed by atoms with E-state index in [1.165, 1.54) is 30.4 Å². The Hall–Kier alpha value is -2.99. The summed E-state index contributed by atoms with van der Waals surface area (Å²) in [4.78, 5) is 20.1. The average Bonchev–Trinajstić information content (AvgIpc) is 3.26. The molecule has 1 atom stereocenters. The van der Waals surface area contributed by atoms with E-state index in [4.69, 9.17) is 0 Å². The largest absolute Gasteiger partial charge is 0.348 e. The number of benzene rings is 1. The number of amides is 1. The van der Waals surface area contributed by atoms with Gasteiger partial charge in [0.2, 0.25) is 0 Å². The van der Waals surface area contributed by atoms with Gasteiger partial charge in [-0.15, -0.1) is 0 Å². The van der Waals surface area contributed by atoms with Crippen LogP contribution in [0.5, 0.6) is 0 Å². The van der Waals surface area contributed by atoms with Crippen LogP contribution in [0.4, 0.5) is 0 Å². The Morgan fingerprint density at radius 3 is 2.62 bits per heavy atom. The molecule has 3 aromatic rings. The van der Waals surface area contributed by atoms with Gasteiger partial charge in [0.15, 0.2) is 5.82 Å². The van der Waals surface area contributed by atoms with Crippen molar-refractivity contribution in [2.45, 2.75) is 65.1 Å². The Kier molecular flexibility index (Phi) is 7.00. The van der Waals surface area contributed by atoms with Crippen LogP contribution in [-0.4, -0.2) is 38.2 Å². The van der Waals surface area contributed by atoms with Crippen molar-refractivity contribution in [2.75, 3.05) is 6.54 Å². The van der Waals surface area contributed by atoms with Gasteiger partial charge in [0, 0.05) is 25.3 Å². The number of likely N-dealkylation sites (tertiary alicyclic amines) is 1. The predicted octanol–water partition coefficient (Wildman–Crippen LogP) is 4.70. The fourth-order valence-electron chi connectivity index (χ4n) is 4.52. The van der Waals surface area contributed by atoms with Gasteiger partial charge in [-0.3, -0.25) is 9.69 Å². The molecule has 0 spiro atoms. The highest BCUT2D eigenvalue weighted by Crippen LogP contribution is 2.23. The summed E-state index contributed by atoms with van der Waals surface area (Å²) in [6.07, 6.45) is 7.24. The van der Waals surface area contributed by atoms with Crippen molar-refractivity contribution in [1.29, 1.82) is 0 Å². The third-order valence-corrected chi connectivity index (χ3v) is 6.34. The lowest BCUT2D eigenvalue weighted by atomic mass is 10.0. The molecular formula is C26H33N5O. The molecule has 0 radical (unpaired) electrons. The fourth-order valence-corrected chi connectivity index (χ4v) is 4.52. The standard InChI is InChI=1S/C26H33N5O/c1-19(2)25-23(17-29-31(25)24-13-6-8-14-27-24)26(32)28-16-21-11-4-5-12-22(21)18-30-15-9-7-10-20(30)3/h4-6,8,11-14,17,19-20H,7,9-10,15-16,18H2,1-3H3,(H,28,32). The number of piperidine rings is 1. The number of carbonyl (C=O) groups excluding carboxylic acids is 1. The lowest BCUT2D eigenvalue weighted by Gasteiger charge is -2.33. The van der Waals surface area contributed by atoms with Gasteiger partial charge < -0.3 is 5.32 Å². The second-order valence-corrected chi connectivity index (χ2v) is 8.96. The van der Waals surface area contributed by atoms with Crippen molar-refractivity contribution in [1.82, 2.24) is 25.0 Å². The first-order chi connectivity index (χ1) is 15.5. The van der Waals surface area contributed by atoms with E-state index in [9.17, 15) is 4.79 Å². The van der Waals surface area contributed by atoms with E-state index >= 15 is 0 Å². The number of nitrogens with one attached hydrogen (secondary N) is 1. The van der Waals surface area contributed by atoms with Gasteiger partial charge >= 0.3 is 0 Å². The fraction of sp³-hybridized carbons (Fsp3) is 0.423. The molecule has 6 nitrogen and oxygen atoms in total. The third-order valence-electron chi connectivity index (χ3n) is 6.34. The molecular weight excluding hydrogens is 398 g/mol. The maximum Gasteiger partial charge on any atom is 0.255 e. The molecule has 3 heterocycles. The molecule has 6 heteroatoms. The minimum atomic E-state index is -0.1000. The average molecular weight is 432 g/mol. The molecule has 1 fully saturated rings. The van der Waals surface area contributed by atoms with Gasteiger partial charge in [-0.2, -0.15) is 5.10 Å². The van der Waals surface area contributed by atoms with E-state index in [0.717, 1.165) is 24.6 Å². The number of rotatable bonds is 7. The van der Waals surface area contributed by atoms with E-state index in [-0.39, 0.29) is 11.8 Å². The summed E-state index contributed by atoms with van der Waals surface area (Å²) >= 11 is 0. The molecule has 1 aromatic carbocycles. The van der Waals surface area contributed by atoms with Crippen molar-refractivity contribution in [3.05, 3.63) is 77.2 Å². The first-order valence-corrected chi connectivity index (χ1v) is 11.6. The molecule has 0 saturated carbocycles. The summed E-state index contributed by atoms with van der Waals surface area (Å²) in [5, 5.41) is 7.61. The van der Waals surface area contributed by atoms with Gasteiger partial charge in [0.25, 0.3) is 5.91 Å². The highest BCUT2D eigenvalue weighted by atomic mass is 16.1. The predicted molar refractivity (Wildman–Crippen MR) is 127 cm³/mol. The number of pyridine rings is 1. The minimum absolute atomic E-state index is 0.1000. The number of carbonyl (C=O) groups is 1. The van der Waals surface area contributed by atoms with Crippen molar-refractivity contribution in [3.8, 4) is 5.82 Å². The molecule has 1 aliphatic rings. The summed E-state index contributed by atoms with van der Waals surface area (Å²) in [5.41, 5.74) is 3.93. The van der Waals surface area contributed by atoms with Crippen LogP contribution in [0, 0.1) is 0 Å². The molecule has 1 saturated heterocycles. The van der Waals surface area contributed by atoms with Crippen LogP contribution >= 0.6 is 0 Å². The van der Waals surface area contributed by atoms with Gasteiger partial charge in [0.1, 0.15) is 0 Å². The maximum absolute atomic E-state index is 13.1. The Morgan fingerprint density at radius 2 is 1.91 bits per heavy atom. The molecule has 2 aromatic heterocycles. The molecule has 1 amide bonds. The maximum atomic E-state index is 13.1. The van der Waals surface area contributed by atoms with Crippen LogP contribution in [0.2, 0.25) is 0 Å². The lowest BCUT2D eigenvalue weighted by Crippen LogP contribution is -2.37. The zero-order valence-electron chi connectivity index (χ0n) is 19.3. The van der Waals surface area contributed by atoms with Crippen LogP contribution in [0.15, 0.2) is 54.9 Å². The summed E-state index contributed by atoms with van der Waals surface area (Å²) in [5.74, 6) is 0.751. The second kappa shape index (κ2) is 10.1.